The molecule has 9 aromatic rings. The second-order valence-corrected chi connectivity index (χ2v) is 11.9. The van der Waals surface area contributed by atoms with Crippen molar-refractivity contribution in [3.05, 3.63) is 139 Å². The van der Waals surface area contributed by atoms with E-state index < -0.39 is 0 Å². The molecule has 0 bridgehead atoms. The average Bonchev–Trinajstić information content (AvgIpc) is 3.63. The SMILES string of the molecule is N#Cc1ccc(N(c2ccc3c(c2)oc2ccccc23)c2cc3sc4ccc5ccccc5c4c3c3ccccc23)cc1. The van der Waals surface area contributed by atoms with Gasteiger partial charge in [-0.15, -0.1) is 11.3 Å². The second kappa shape index (κ2) is 9.19. The van der Waals surface area contributed by atoms with E-state index in [1.807, 2.05) is 53.8 Å². The van der Waals surface area contributed by atoms with Crippen LogP contribution in [0.5, 0.6) is 0 Å². The predicted molar refractivity (Wildman–Crippen MR) is 181 cm³/mol. The van der Waals surface area contributed by atoms with Crippen molar-refractivity contribution < 1.29 is 4.42 Å². The van der Waals surface area contributed by atoms with Crippen LogP contribution in [0.3, 0.4) is 0 Å². The molecule has 0 amide bonds. The number of rotatable bonds is 3. The zero-order valence-electron chi connectivity index (χ0n) is 22.9. The van der Waals surface area contributed by atoms with Gasteiger partial charge in [0.2, 0.25) is 0 Å². The van der Waals surface area contributed by atoms with Crippen LogP contribution < -0.4 is 4.90 Å². The standard InChI is InChI=1S/C39H22N2OS/c40-23-24-13-16-26(17-14-24)41(27-18-19-31-30-10-5-6-12-34(30)42-35(31)21-27)33-22-37-39(32-11-4-3-9-29(32)33)38-28-8-2-1-7-25(28)15-20-36(38)43-37/h1-22H. The van der Waals surface area contributed by atoms with Gasteiger partial charge in [-0.05, 0) is 70.8 Å². The third-order valence-corrected chi connectivity index (χ3v) is 9.57. The second-order valence-electron chi connectivity index (χ2n) is 10.8. The van der Waals surface area contributed by atoms with E-state index in [0.717, 1.165) is 44.4 Å². The minimum absolute atomic E-state index is 0.633. The van der Waals surface area contributed by atoms with Crippen LogP contribution in [0.15, 0.2) is 138 Å². The van der Waals surface area contributed by atoms with E-state index in [0.29, 0.717) is 5.56 Å². The molecule has 7 aromatic carbocycles. The van der Waals surface area contributed by atoms with E-state index in [1.165, 1.54) is 36.3 Å². The Kier molecular flexibility index (Phi) is 5.13. The lowest BCUT2D eigenvalue weighted by atomic mass is 9.98. The molecule has 0 aliphatic carbocycles. The van der Waals surface area contributed by atoms with Crippen molar-refractivity contribution in [3.8, 4) is 6.07 Å². The molecule has 0 unspecified atom stereocenters. The number of benzene rings is 7. The Morgan fingerprint density at radius 3 is 2.05 bits per heavy atom. The van der Waals surface area contributed by atoms with Crippen molar-refractivity contribution in [2.75, 3.05) is 4.90 Å². The van der Waals surface area contributed by atoms with Crippen molar-refractivity contribution in [2.45, 2.75) is 0 Å². The molecule has 3 nitrogen and oxygen atoms in total. The summed E-state index contributed by atoms with van der Waals surface area (Å²) in [6, 6.07) is 48.9. The van der Waals surface area contributed by atoms with Gasteiger partial charge < -0.3 is 9.32 Å². The summed E-state index contributed by atoms with van der Waals surface area (Å²) in [5.41, 5.74) is 5.41. The fraction of sp³-hybridized carbons (Fsp3) is 0. The molecule has 2 heterocycles. The normalized spacial score (nSPS) is 11.7. The maximum absolute atomic E-state index is 9.52. The first-order valence-corrected chi connectivity index (χ1v) is 15.1. The monoisotopic (exact) mass is 566 g/mol. The van der Waals surface area contributed by atoms with Gasteiger partial charge in [0, 0.05) is 53.8 Å². The number of anilines is 3. The molecule has 0 radical (unpaired) electrons. The van der Waals surface area contributed by atoms with Crippen LogP contribution in [0.4, 0.5) is 17.1 Å². The van der Waals surface area contributed by atoms with Gasteiger partial charge in [0.1, 0.15) is 11.2 Å². The van der Waals surface area contributed by atoms with E-state index in [4.69, 9.17) is 4.42 Å². The Balaban J connectivity index is 1.37. The smallest absolute Gasteiger partial charge is 0.137 e. The Labute approximate surface area is 251 Å². The fourth-order valence-corrected chi connectivity index (χ4v) is 7.71. The first kappa shape index (κ1) is 24.0. The summed E-state index contributed by atoms with van der Waals surface area (Å²) < 4.78 is 8.84. The third kappa shape index (κ3) is 3.59. The maximum atomic E-state index is 9.52. The summed E-state index contributed by atoms with van der Waals surface area (Å²) in [5, 5.41) is 19.2. The largest absolute Gasteiger partial charge is 0.456 e. The topological polar surface area (TPSA) is 40.2 Å². The quantitative estimate of drug-likeness (QED) is 0.214. The Morgan fingerprint density at radius 2 is 1.21 bits per heavy atom. The van der Waals surface area contributed by atoms with Crippen molar-refractivity contribution in [3.63, 3.8) is 0 Å². The highest BCUT2D eigenvalue weighted by Crippen LogP contribution is 2.48. The maximum Gasteiger partial charge on any atom is 0.137 e. The van der Waals surface area contributed by atoms with Gasteiger partial charge in [-0.2, -0.15) is 5.26 Å². The average molecular weight is 567 g/mol. The molecule has 0 aliphatic rings. The lowest BCUT2D eigenvalue weighted by Crippen LogP contribution is -2.10. The van der Waals surface area contributed by atoms with Gasteiger partial charge in [0.15, 0.2) is 0 Å². The van der Waals surface area contributed by atoms with E-state index >= 15 is 0 Å². The summed E-state index contributed by atoms with van der Waals surface area (Å²) >= 11 is 1.84. The molecular formula is C39H22N2OS. The Morgan fingerprint density at radius 1 is 0.535 bits per heavy atom. The van der Waals surface area contributed by atoms with E-state index in [2.05, 4.69) is 102 Å². The summed E-state index contributed by atoms with van der Waals surface area (Å²) in [6.45, 7) is 0. The van der Waals surface area contributed by atoms with E-state index in [1.54, 1.807) is 0 Å². The van der Waals surface area contributed by atoms with Crippen LogP contribution in [0.1, 0.15) is 5.56 Å². The van der Waals surface area contributed by atoms with Gasteiger partial charge in [-0.25, -0.2) is 0 Å². The molecule has 200 valence electrons. The molecule has 0 saturated heterocycles. The van der Waals surface area contributed by atoms with Gasteiger partial charge in [0.05, 0.1) is 17.3 Å². The first-order chi connectivity index (χ1) is 21.3. The number of hydrogen-bond donors (Lipinski definition) is 0. The molecule has 0 spiro atoms. The predicted octanol–water partition coefficient (Wildman–Crippen LogP) is 11.6. The number of furan rings is 1. The molecule has 0 atom stereocenters. The van der Waals surface area contributed by atoms with Crippen molar-refractivity contribution in [1.82, 2.24) is 0 Å². The summed E-state index contributed by atoms with van der Waals surface area (Å²) in [4.78, 5) is 2.29. The zero-order valence-corrected chi connectivity index (χ0v) is 23.7. The summed E-state index contributed by atoms with van der Waals surface area (Å²) in [5.74, 6) is 0. The minimum atomic E-state index is 0.633. The number of thiophene rings is 1. The fourth-order valence-electron chi connectivity index (χ4n) is 6.53. The first-order valence-electron chi connectivity index (χ1n) is 14.2. The molecule has 0 fully saturated rings. The van der Waals surface area contributed by atoms with Crippen molar-refractivity contribution in [2.24, 2.45) is 0 Å². The highest BCUT2D eigenvalue weighted by Gasteiger charge is 2.21. The van der Waals surface area contributed by atoms with Crippen LogP contribution in [-0.2, 0) is 0 Å². The minimum Gasteiger partial charge on any atom is -0.456 e. The molecule has 4 heteroatoms. The van der Waals surface area contributed by atoms with Gasteiger partial charge in [0.25, 0.3) is 0 Å². The number of nitriles is 1. The van der Waals surface area contributed by atoms with E-state index in [9.17, 15) is 5.26 Å². The molecule has 43 heavy (non-hydrogen) atoms. The highest BCUT2D eigenvalue weighted by molar-refractivity contribution is 7.26. The van der Waals surface area contributed by atoms with Crippen molar-refractivity contribution >= 4 is 92.1 Å². The van der Waals surface area contributed by atoms with Gasteiger partial charge in [-0.1, -0.05) is 72.8 Å². The number of nitrogens with zero attached hydrogens (tertiary/aromatic N) is 2. The highest BCUT2D eigenvalue weighted by atomic mass is 32.1. The number of hydrogen-bond acceptors (Lipinski definition) is 4. The van der Waals surface area contributed by atoms with E-state index in [-0.39, 0.29) is 0 Å². The lowest BCUT2D eigenvalue weighted by molar-refractivity contribution is 0.669. The third-order valence-electron chi connectivity index (χ3n) is 8.46. The van der Waals surface area contributed by atoms with Gasteiger partial charge >= 0.3 is 0 Å². The van der Waals surface area contributed by atoms with Crippen LogP contribution in [0.2, 0.25) is 0 Å². The molecule has 0 saturated carbocycles. The zero-order chi connectivity index (χ0) is 28.5. The van der Waals surface area contributed by atoms with Crippen LogP contribution >= 0.6 is 11.3 Å². The molecule has 0 N–H and O–H groups in total. The molecular weight excluding hydrogens is 545 g/mol. The summed E-state index contributed by atoms with van der Waals surface area (Å²) in [6.07, 6.45) is 0. The van der Waals surface area contributed by atoms with Crippen molar-refractivity contribution in [1.29, 1.82) is 5.26 Å². The Bertz CT molecular complexity index is 2580. The molecule has 9 rings (SSSR count). The van der Waals surface area contributed by atoms with Crippen LogP contribution in [0, 0.1) is 11.3 Å². The number of para-hydroxylation sites is 1. The lowest BCUT2D eigenvalue weighted by Gasteiger charge is -2.27. The van der Waals surface area contributed by atoms with Gasteiger partial charge in [-0.3, -0.25) is 0 Å². The molecule has 0 aliphatic heterocycles. The molecule has 2 aromatic heterocycles. The Hall–Kier alpha value is -5.63. The number of fused-ring (bicyclic) bond motifs is 10. The van der Waals surface area contributed by atoms with Crippen LogP contribution in [-0.4, -0.2) is 0 Å². The summed E-state index contributed by atoms with van der Waals surface area (Å²) in [7, 11) is 0. The van der Waals surface area contributed by atoms with Crippen LogP contribution in [0.25, 0.3) is 63.7 Å².